The van der Waals surface area contributed by atoms with Gasteiger partial charge in [-0.05, 0) is 46.3 Å². The van der Waals surface area contributed by atoms with Crippen LogP contribution < -0.4 is 5.32 Å². The van der Waals surface area contributed by atoms with Crippen LogP contribution in [0.4, 0.5) is 10.1 Å². The molecule has 0 spiro atoms. The van der Waals surface area contributed by atoms with E-state index in [0.717, 1.165) is 6.07 Å². The van der Waals surface area contributed by atoms with Crippen molar-refractivity contribution in [1.29, 1.82) is 0 Å². The first-order chi connectivity index (χ1) is 8.95. The molecule has 0 fully saturated rings. The molecule has 98 valence electrons. The van der Waals surface area contributed by atoms with Gasteiger partial charge in [-0.25, -0.2) is 4.39 Å². The molecule has 2 aromatic rings. The Morgan fingerprint density at radius 2 is 1.74 bits per heavy atom. The van der Waals surface area contributed by atoms with Crippen molar-refractivity contribution in [3.63, 3.8) is 0 Å². The number of phenols is 2. The van der Waals surface area contributed by atoms with E-state index in [1.807, 2.05) is 0 Å². The number of benzene rings is 2. The SMILES string of the molecule is O=C(Nc1ccc(F)c(Br)c1)c1cc(O)cc(O)c1. The zero-order valence-corrected chi connectivity index (χ0v) is 11.1. The lowest BCUT2D eigenvalue weighted by Crippen LogP contribution is -2.11. The van der Waals surface area contributed by atoms with Gasteiger partial charge in [-0.15, -0.1) is 0 Å². The summed E-state index contributed by atoms with van der Waals surface area (Å²) >= 11 is 3.01. The van der Waals surface area contributed by atoms with Gasteiger partial charge in [0.15, 0.2) is 0 Å². The van der Waals surface area contributed by atoms with E-state index in [1.165, 1.54) is 30.3 Å². The molecular weight excluding hydrogens is 317 g/mol. The zero-order chi connectivity index (χ0) is 14.0. The lowest BCUT2D eigenvalue weighted by atomic mass is 10.2. The molecule has 0 aromatic heterocycles. The minimum absolute atomic E-state index is 0.0953. The molecule has 1 amide bonds. The van der Waals surface area contributed by atoms with Crippen molar-refractivity contribution < 1.29 is 19.4 Å². The van der Waals surface area contributed by atoms with Crippen molar-refractivity contribution in [2.75, 3.05) is 5.32 Å². The lowest BCUT2D eigenvalue weighted by Gasteiger charge is -2.07. The molecule has 6 heteroatoms. The van der Waals surface area contributed by atoms with E-state index < -0.39 is 11.7 Å². The fraction of sp³-hybridized carbons (Fsp3) is 0. The molecule has 0 bridgehead atoms. The van der Waals surface area contributed by atoms with E-state index in [0.29, 0.717) is 5.69 Å². The summed E-state index contributed by atoms with van der Waals surface area (Å²) in [5, 5.41) is 21.1. The maximum Gasteiger partial charge on any atom is 0.255 e. The summed E-state index contributed by atoms with van der Waals surface area (Å²) in [6.07, 6.45) is 0. The van der Waals surface area contributed by atoms with E-state index in [9.17, 15) is 19.4 Å². The molecule has 0 aliphatic heterocycles. The summed E-state index contributed by atoms with van der Waals surface area (Å²) in [6.45, 7) is 0. The zero-order valence-electron chi connectivity index (χ0n) is 9.52. The van der Waals surface area contributed by atoms with Crippen LogP contribution in [-0.4, -0.2) is 16.1 Å². The van der Waals surface area contributed by atoms with Gasteiger partial charge < -0.3 is 15.5 Å². The van der Waals surface area contributed by atoms with Crippen LogP contribution in [0.3, 0.4) is 0 Å². The van der Waals surface area contributed by atoms with Gasteiger partial charge in [0, 0.05) is 17.3 Å². The summed E-state index contributed by atoms with van der Waals surface area (Å²) in [5.74, 6) is -1.39. The Balaban J connectivity index is 2.22. The average Bonchev–Trinajstić information content (AvgIpc) is 2.32. The van der Waals surface area contributed by atoms with Crippen molar-refractivity contribution in [3.05, 3.63) is 52.3 Å². The predicted molar refractivity (Wildman–Crippen MR) is 71.8 cm³/mol. The third-order valence-corrected chi connectivity index (χ3v) is 2.95. The van der Waals surface area contributed by atoms with Crippen LogP contribution in [0.25, 0.3) is 0 Å². The van der Waals surface area contributed by atoms with E-state index in [4.69, 9.17) is 0 Å². The normalized spacial score (nSPS) is 10.2. The molecule has 4 nitrogen and oxygen atoms in total. The maximum atomic E-state index is 13.0. The number of aromatic hydroxyl groups is 2. The van der Waals surface area contributed by atoms with Crippen LogP contribution in [0.15, 0.2) is 40.9 Å². The highest BCUT2D eigenvalue weighted by Crippen LogP contribution is 2.23. The fourth-order valence-corrected chi connectivity index (χ4v) is 1.88. The van der Waals surface area contributed by atoms with Gasteiger partial charge in [-0.2, -0.15) is 0 Å². The summed E-state index contributed by atoms with van der Waals surface area (Å²) in [5.41, 5.74) is 0.485. The van der Waals surface area contributed by atoms with Crippen LogP contribution in [0.5, 0.6) is 11.5 Å². The molecule has 19 heavy (non-hydrogen) atoms. The lowest BCUT2D eigenvalue weighted by molar-refractivity contribution is 0.102. The van der Waals surface area contributed by atoms with Crippen LogP contribution in [-0.2, 0) is 0 Å². The third-order valence-electron chi connectivity index (χ3n) is 2.34. The van der Waals surface area contributed by atoms with Crippen LogP contribution in [0.1, 0.15) is 10.4 Å². The first kappa shape index (κ1) is 13.4. The van der Waals surface area contributed by atoms with Crippen LogP contribution in [0, 0.1) is 5.82 Å². The Morgan fingerprint density at radius 1 is 1.11 bits per heavy atom. The second-order valence-corrected chi connectivity index (χ2v) is 4.68. The van der Waals surface area contributed by atoms with Crippen molar-refractivity contribution in [1.82, 2.24) is 0 Å². The number of phenolic OH excluding ortho intramolecular Hbond substituents is 2. The molecule has 0 aliphatic rings. The monoisotopic (exact) mass is 325 g/mol. The van der Waals surface area contributed by atoms with E-state index >= 15 is 0 Å². The Morgan fingerprint density at radius 3 is 2.32 bits per heavy atom. The van der Waals surface area contributed by atoms with Gasteiger partial charge in [0.05, 0.1) is 4.47 Å². The number of carbonyl (C=O) groups excluding carboxylic acids is 1. The van der Waals surface area contributed by atoms with Gasteiger partial charge >= 0.3 is 0 Å². The number of nitrogens with one attached hydrogen (secondary N) is 1. The molecule has 3 N–H and O–H groups in total. The number of amides is 1. The number of halogens is 2. The Hall–Kier alpha value is -2.08. The van der Waals surface area contributed by atoms with E-state index in [2.05, 4.69) is 21.2 Å². The highest BCUT2D eigenvalue weighted by Gasteiger charge is 2.10. The standard InChI is InChI=1S/C13H9BrFNO3/c14-11-5-8(1-2-12(11)15)16-13(19)7-3-9(17)6-10(18)4-7/h1-6,17-18H,(H,16,19). The minimum Gasteiger partial charge on any atom is -0.508 e. The summed E-state index contributed by atoms with van der Waals surface area (Å²) in [4.78, 5) is 11.9. The highest BCUT2D eigenvalue weighted by molar-refractivity contribution is 9.10. The molecule has 0 aliphatic carbocycles. The molecule has 0 radical (unpaired) electrons. The first-order valence-corrected chi connectivity index (χ1v) is 6.04. The predicted octanol–water partition coefficient (Wildman–Crippen LogP) is 3.25. The summed E-state index contributed by atoms with van der Waals surface area (Å²) in [7, 11) is 0. The molecule has 0 saturated heterocycles. The summed E-state index contributed by atoms with van der Waals surface area (Å²) in [6, 6.07) is 7.57. The molecule has 2 aromatic carbocycles. The minimum atomic E-state index is -0.523. The molecular formula is C13H9BrFNO3. The van der Waals surface area contributed by atoms with Gasteiger partial charge in [0.2, 0.25) is 0 Å². The number of rotatable bonds is 2. The molecule has 0 unspecified atom stereocenters. The maximum absolute atomic E-state index is 13.0. The third kappa shape index (κ3) is 3.23. The van der Waals surface area contributed by atoms with Crippen LogP contribution in [0.2, 0.25) is 0 Å². The van der Waals surface area contributed by atoms with Gasteiger partial charge in [-0.3, -0.25) is 4.79 Å². The van der Waals surface area contributed by atoms with Crippen molar-refractivity contribution >= 4 is 27.5 Å². The van der Waals surface area contributed by atoms with Crippen molar-refractivity contribution in [2.45, 2.75) is 0 Å². The topological polar surface area (TPSA) is 69.6 Å². The van der Waals surface area contributed by atoms with E-state index in [-0.39, 0.29) is 21.5 Å². The number of hydrogen-bond acceptors (Lipinski definition) is 3. The van der Waals surface area contributed by atoms with Crippen molar-refractivity contribution in [2.24, 2.45) is 0 Å². The van der Waals surface area contributed by atoms with Gasteiger partial charge in [0.25, 0.3) is 5.91 Å². The molecule has 2 rings (SSSR count). The second kappa shape index (κ2) is 5.27. The smallest absolute Gasteiger partial charge is 0.255 e. The number of hydrogen-bond donors (Lipinski definition) is 3. The average molecular weight is 326 g/mol. The van der Waals surface area contributed by atoms with Gasteiger partial charge in [0.1, 0.15) is 17.3 Å². The number of carbonyl (C=O) groups is 1. The second-order valence-electron chi connectivity index (χ2n) is 3.82. The Labute approximate surface area is 116 Å². The first-order valence-electron chi connectivity index (χ1n) is 5.25. The summed E-state index contributed by atoms with van der Waals surface area (Å²) < 4.78 is 13.3. The largest absolute Gasteiger partial charge is 0.508 e. The Kier molecular flexibility index (Phi) is 3.71. The molecule has 0 atom stereocenters. The molecule has 0 heterocycles. The molecule has 0 saturated carbocycles. The van der Waals surface area contributed by atoms with E-state index in [1.54, 1.807) is 0 Å². The van der Waals surface area contributed by atoms with Gasteiger partial charge in [-0.1, -0.05) is 0 Å². The number of anilines is 1. The van der Waals surface area contributed by atoms with Crippen molar-refractivity contribution in [3.8, 4) is 11.5 Å². The fourth-order valence-electron chi connectivity index (χ4n) is 1.50. The van der Waals surface area contributed by atoms with Crippen LogP contribution >= 0.6 is 15.9 Å². The quantitative estimate of drug-likeness (QED) is 0.793. The Bertz CT molecular complexity index is 626. The highest BCUT2D eigenvalue weighted by atomic mass is 79.9.